The molecule has 2 N–H and O–H groups in total. The standard InChI is InChI=1S/C21H16N6O3/c28-19(15-8-9-17-18(23-15)25-21(29)30-17)26-20-24-14-6-1-2-7-16(14)27(20)12-10-13-5-3-4-11-22-13/h1-9,11H,10,12H2,(H,23,25,29)(H,24,26,28). The summed E-state index contributed by atoms with van der Waals surface area (Å²) in [5.74, 6) is -0.639. The molecule has 0 fully saturated rings. The second kappa shape index (κ2) is 7.28. The molecule has 1 amide bonds. The summed E-state index contributed by atoms with van der Waals surface area (Å²) in [5, 5.41) is 2.83. The average Bonchev–Trinajstić information content (AvgIpc) is 3.31. The van der Waals surface area contributed by atoms with Gasteiger partial charge < -0.3 is 8.98 Å². The van der Waals surface area contributed by atoms with Gasteiger partial charge in [-0.2, -0.15) is 0 Å². The number of aryl methyl sites for hydroxylation is 2. The molecule has 4 heterocycles. The molecule has 0 bridgehead atoms. The van der Waals surface area contributed by atoms with Gasteiger partial charge in [-0.1, -0.05) is 18.2 Å². The van der Waals surface area contributed by atoms with E-state index in [2.05, 4.69) is 25.3 Å². The maximum Gasteiger partial charge on any atom is 0.418 e. The second-order valence-corrected chi connectivity index (χ2v) is 6.66. The van der Waals surface area contributed by atoms with E-state index in [4.69, 9.17) is 4.42 Å². The van der Waals surface area contributed by atoms with E-state index in [0.29, 0.717) is 24.5 Å². The largest absolute Gasteiger partial charge is 0.418 e. The Morgan fingerprint density at radius 3 is 2.80 bits per heavy atom. The van der Waals surface area contributed by atoms with Crippen LogP contribution in [0.15, 0.2) is 70.0 Å². The number of nitrogens with one attached hydrogen (secondary N) is 2. The first kappa shape index (κ1) is 17.8. The molecule has 5 aromatic rings. The number of carbonyl (C=O) groups excluding carboxylic acids is 1. The van der Waals surface area contributed by atoms with Crippen LogP contribution in [-0.4, -0.2) is 30.4 Å². The molecule has 0 atom stereocenters. The summed E-state index contributed by atoms with van der Waals surface area (Å²) in [6.07, 6.45) is 2.44. The number of fused-ring (bicyclic) bond motifs is 2. The van der Waals surface area contributed by atoms with Gasteiger partial charge >= 0.3 is 5.76 Å². The zero-order valence-electron chi connectivity index (χ0n) is 15.7. The topological polar surface area (TPSA) is 119 Å². The average molecular weight is 400 g/mol. The predicted molar refractivity (Wildman–Crippen MR) is 110 cm³/mol. The normalized spacial score (nSPS) is 11.2. The summed E-state index contributed by atoms with van der Waals surface area (Å²) < 4.78 is 6.87. The summed E-state index contributed by atoms with van der Waals surface area (Å²) in [7, 11) is 0. The Kier molecular flexibility index (Phi) is 4.32. The van der Waals surface area contributed by atoms with Crippen molar-refractivity contribution < 1.29 is 9.21 Å². The van der Waals surface area contributed by atoms with Crippen molar-refractivity contribution in [3.63, 3.8) is 0 Å². The number of H-pyrrole nitrogens is 1. The summed E-state index contributed by atoms with van der Waals surface area (Å²) in [5.41, 5.74) is 3.28. The Labute approximate surface area is 169 Å². The molecule has 9 heteroatoms. The maximum atomic E-state index is 12.8. The monoisotopic (exact) mass is 400 g/mol. The zero-order valence-corrected chi connectivity index (χ0v) is 15.7. The van der Waals surface area contributed by atoms with Crippen molar-refractivity contribution >= 4 is 34.1 Å². The fraction of sp³-hybridized carbons (Fsp3) is 0.0952. The lowest BCUT2D eigenvalue weighted by atomic mass is 10.2. The smallest absolute Gasteiger partial charge is 0.406 e. The molecule has 4 aromatic heterocycles. The third-order valence-corrected chi connectivity index (χ3v) is 4.71. The van der Waals surface area contributed by atoms with E-state index in [1.807, 2.05) is 47.0 Å². The molecule has 0 aliphatic carbocycles. The number of anilines is 1. The van der Waals surface area contributed by atoms with Gasteiger partial charge in [-0.3, -0.25) is 20.1 Å². The fourth-order valence-corrected chi connectivity index (χ4v) is 3.30. The van der Waals surface area contributed by atoms with Gasteiger partial charge in [0.1, 0.15) is 5.69 Å². The number of pyridine rings is 2. The number of hydrogen-bond acceptors (Lipinski definition) is 6. The lowest BCUT2D eigenvalue weighted by Gasteiger charge is -2.10. The van der Waals surface area contributed by atoms with Gasteiger partial charge in [0.15, 0.2) is 11.2 Å². The molecule has 30 heavy (non-hydrogen) atoms. The Bertz CT molecular complexity index is 1420. The molecule has 0 aliphatic rings. The first-order valence-electron chi connectivity index (χ1n) is 9.34. The highest BCUT2D eigenvalue weighted by molar-refractivity contribution is 6.03. The summed E-state index contributed by atoms with van der Waals surface area (Å²) in [4.78, 5) is 39.6. The van der Waals surface area contributed by atoms with Crippen molar-refractivity contribution in [3.8, 4) is 0 Å². The number of aromatic amines is 1. The Morgan fingerprint density at radius 1 is 1.07 bits per heavy atom. The van der Waals surface area contributed by atoms with E-state index in [1.54, 1.807) is 6.20 Å². The predicted octanol–water partition coefficient (Wildman–Crippen LogP) is 2.76. The second-order valence-electron chi connectivity index (χ2n) is 6.66. The van der Waals surface area contributed by atoms with E-state index in [0.717, 1.165) is 16.7 Å². The van der Waals surface area contributed by atoms with Crippen molar-refractivity contribution in [2.75, 3.05) is 5.32 Å². The number of rotatable bonds is 5. The van der Waals surface area contributed by atoms with Crippen LogP contribution < -0.4 is 11.1 Å². The van der Waals surface area contributed by atoms with Crippen LogP contribution in [0.4, 0.5) is 5.95 Å². The summed E-state index contributed by atoms with van der Waals surface area (Å²) in [6, 6.07) is 16.5. The number of hydrogen-bond donors (Lipinski definition) is 2. The minimum absolute atomic E-state index is 0.142. The molecular weight excluding hydrogens is 384 g/mol. The fourth-order valence-electron chi connectivity index (χ4n) is 3.30. The highest BCUT2D eigenvalue weighted by Gasteiger charge is 2.16. The minimum Gasteiger partial charge on any atom is -0.406 e. The van der Waals surface area contributed by atoms with Crippen LogP contribution in [-0.2, 0) is 13.0 Å². The molecule has 0 saturated heterocycles. The highest BCUT2D eigenvalue weighted by Crippen LogP contribution is 2.21. The van der Waals surface area contributed by atoms with Crippen LogP contribution in [0.25, 0.3) is 22.3 Å². The highest BCUT2D eigenvalue weighted by atomic mass is 16.4. The van der Waals surface area contributed by atoms with Crippen LogP contribution in [0.3, 0.4) is 0 Å². The van der Waals surface area contributed by atoms with Crippen molar-refractivity contribution in [1.29, 1.82) is 0 Å². The Hall–Kier alpha value is -4.27. The van der Waals surface area contributed by atoms with Crippen LogP contribution >= 0.6 is 0 Å². The molecule has 0 aliphatic heterocycles. The maximum absolute atomic E-state index is 12.8. The van der Waals surface area contributed by atoms with Crippen molar-refractivity contribution in [2.24, 2.45) is 0 Å². The van der Waals surface area contributed by atoms with Gasteiger partial charge in [-0.15, -0.1) is 0 Å². The number of imidazole rings is 1. The Morgan fingerprint density at radius 2 is 1.93 bits per heavy atom. The van der Waals surface area contributed by atoms with Gasteiger partial charge in [0.25, 0.3) is 5.91 Å². The molecule has 5 rings (SSSR count). The van der Waals surface area contributed by atoms with Crippen molar-refractivity contribution in [2.45, 2.75) is 13.0 Å². The summed E-state index contributed by atoms with van der Waals surface area (Å²) >= 11 is 0. The van der Waals surface area contributed by atoms with Gasteiger partial charge in [0.2, 0.25) is 5.95 Å². The minimum atomic E-state index is -0.619. The van der Waals surface area contributed by atoms with Crippen molar-refractivity contribution in [1.82, 2.24) is 24.5 Å². The van der Waals surface area contributed by atoms with Gasteiger partial charge in [0.05, 0.1) is 11.0 Å². The van der Waals surface area contributed by atoms with Gasteiger partial charge in [-0.25, -0.2) is 14.8 Å². The molecule has 1 aromatic carbocycles. The van der Waals surface area contributed by atoms with Crippen LogP contribution in [0.2, 0.25) is 0 Å². The number of aromatic nitrogens is 5. The van der Waals surface area contributed by atoms with Gasteiger partial charge in [0, 0.05) is 24.9 Å². The number of carbonyl (C=O) groups is 1. The molecule has 148 valence electrons. The van der Waals surface area contributed by atoms with Gasteiger partial charge in [-0.05, 0) is 36.4 Å². The van der Waals surface area contributed by atoms with E-state index >= 15 is 0 Å². The Balaban J connectivity index is 1.46. The van der Waals surface area contributed by atoms with Crippen molar-refractivity contribution in [3.05, 3.63) is 82.7 Å². The van der Waals surface area contributed by atoms with E-state index in [9.17, 15) is 9.59 Å². The molecule has 0 saturated carbocycles. The molecular formula is C21H16N6O3. The van der Waals surface area contributed by atoms with E-state index < -0.39 is 11.7 Å². The third-order valence-electron chi connectivity index (χ3n) is 4.71. The van der Waals surface area contributed by atoms with E-state index in [-0.39, 0.29) is 11.3 Å². The lowest BCUT2D eigenvalue weighted by molar-refractivity contribution is 0.102. The number of nitrogens with zero attached hydrogens (tertiary/aromatic N) is 4. The molecule has 0 spiro atoms. The number of para-hydroxylation sites is 2. The summed E-state index contributed by atoms with van der Waals surface area (Å²) in [6.45, 7) is 0.592. The third kappa shape index (κ3) is 3.32. The first-order valence-corrected chi connectivity index (χ1v) is 9.34. The van der Waals surface area contributed by atoms with Crippen LogP contribution in [0, 0.1) is 0 Å². The van der Waals surface area contributed by atoms with Crippen LogP contribution in [0.5, 0.6) is 0 Å². The lowest BCUT2D eigenvalue weighted by Crippen LogP contribution is -2.18. The first-order chi connectivity index (χ1) is 14.7. The quantitative estimate of drug-likeness (QED) is 0.468. The molecule has 0 radical (unpaired) electrons. The van der Waals surface area contributed by atoms with Crippen LogP contribution in [0.1, 0.15) is 16.2 Å². The zero-order chi connectivity index (χ0) is 20.5. The van der Waals surface area contributed by atoms with E-state index in [1.165, 1.54) is 12.1 Å². The number of oxazole rings is 1. The SMILES string of the molecule is O=C(Nc1nc2ccccc2n1CCc1ccccn1)c1ccc2oc(=O)[nH]c2n1. The number of amides is 1. The molecule has 9 nitrogen and oxygen atoms in total. The number of benzene rings is 1. The molecule has 0 unspecified atom stereocenters.